The van der Waals surface area contributed by atoms with Crippen molar-refractivity contribution in [2.75, 3.05) is 13.6 Å². The highest BCUT2D eigenvalue weighted by molar-refractivity contribution is 7.89. The zero-order valence-corrected chi connectivity index (χ0v) is 11.0. The molecule has 0 aromatic heterocycles. The topological polar surface area (TPSA) is 58.2 Å². The second kappa shape index (κ2) is 6.21. The minimum atomic E-state index is -3.88. The normalized spacial score (nSPS) is 13.8. The lowest BCUT2D eigenvalue weighted by atomic mass is 10.1. The van der Waals surface area contributed by atoms with E-state index < -0.39 is 23.0 Å². The Morgan fingerprint density at radius 1 is 1.33 bits per heavy atom. The monoisotopic (exact) mass is 278 g/mol. The van der Waals surface area contributed by atoms with Crippen LogP contribution in [0.4, 0.5) is 8.78 Å². The van der Waals surface area contributed by atoms with E-state index in [1.807, 2.05) is 11.6 Å². The Morgan fingerprint density at radius 3 is 2.56 bits per heavy atom. The molecule has 7 heteroatoms. The number of nitrogens with one attached hydrogen (secondary N) is 2. The van der Waals surface area contributed by atoms with E-state index in [0.717, 1.165) is 5.56 Å². The molecule has 0 amide bonds. The molecule has 0 aliphatic rings. The largest absolute Gasteiger partial charge is 0.313 e. The van der Waals surface area contributed by atoms with Crippen LogP contribution in [-0.2, 0) is 10.0 Å². The number of rotatable bonds is 6. The third-order valence-corrected chi connectivity index (χ3v) is 3.95. The summed E-state index contributed by atoms with van der Waals surface area (Å²) in [7, 11) is -2.13. The fourth-order valence-electron chi connectivity index (χ4n) is 1.37. The van der Waals surface area contributed by atoms with E-state index in [1.165, 1.54) is 12.1 Å². The molecule has 1 aromatic carbocycles. The van der Waals surface area contributed by atoms with Gasteiger partial charge in [0.2, 0.25) is 10.0 Å². The minimum absolute atomic E-state index is 0.0113. The maximum Gasteiger partial charge on any atom is 0.251 e. The highest BCUT2D eigenvalue weighted by Gasteiger charge is 2.17. The van der Waals surface area contributed by atoms with Crippen molar-refractivity contribution in [2.45, 2.75) is 24.3 Å². The van der Waals surface area contributed by atoms with Crippen molar-refractivity contribution in [3.63, 3.8) is 0 Å². The first-order chi connectivity index (χ1) is 8.36. The van der Waals surface area contributed by atoms with Gasteiger partial charge in [0.25, 0.3) is 6.43 Å². The van der Waals surface area contributed by atoms with Crippen LogP contribution in [-0.4, -0.2) is 28.4 Å². The lowest BCUT2D eigenvalue weighted by Crippen LogP contribution is -2.28. The molecule has 1 atom stereocenters. The molecule has 0 aliphatic heterocycles. The van der Waals surface area contributed by atoms with Gasteiger partial charge in [0.05, 0.1) is 11.4 Å². The fraction of sp³-hybridized carbons (Fsp3) is 0.455. The van der Waals surface area contributed by atoms with Gasteiger partial charge in [-0.3, -0.25) is 0 Å². The predicted octanol–water partition coefficient (Wildman–Crippen LogP) is 1.51. The summed E-state index contributed by atoms with van der Waals surface area (Å²) in [5.41, 5.74) is 0.775. The van der Waals surface area contributed by atoms with Crippen LogP contribution in [0.25, 0.3) is 0 Å². The van der Waals surface area contributed by atoms with Gasteiger partial charge in [-0.25, -0.2) is 21.9 Å². The number of benzene rings is 1. The van der Waals surface area contributed by atoms with E-state index in [0.29, 0.717) is 0 Å². The summed E-state index contributed by atoms with van der Waals surface area (Å²) in [5.74, 6) is 0. The summed E-state index contributed by atoms with van der Waals surface area (Å²) < 4.78 is 49.3. The lowest BCUT2D eigenvalue weighted by molar-refractivity contribution is 0.153. The predicted molar refractivity (Wildman–Crippen MR) is 65.1 cm³/mol. The molecule has 0 bridgehead atoms. The second-order valence-electron chi connectivity index (χ2n) is 3.83. The molecule has 1 rings (SSSR count). The third-order valence-electron chi connectivity index (χ3n) is 2.53. The van der Waals surface area contributed by atoms with E-state index in [4.69, 9.17) is 0 Å². The fourth-order valence-corrected chi connectivity index (χ4v) is 2.43. The number of halogens is 2. The SMILES string of the molecule is CNC(C)c1cccc(S(=O)(=O)NCC(F)F)c1. The van der Waals surface area contributed by atoms with Gasteiger partial charge in [0.15, 0.2) is 0 Å². The molecule has 0 fully saturated rings. The number of alkyl halides is 2. The molecule has 0 saturated carbocycles. The Kier molecular flexibility index (Phi) is 5.18. The number of hydrogen-bond donors (Lipinski definition) is 2. The van der Waals surface area contributed by atoms with Crippen molar-refractivity contribution >= 4 is 10.0 Å². The Morgan fingerprint density at radius 2 is 2.00 bits per heavy atom. The Balaban J connectivity index is 2.95. The highest BCUT2D eigenvalue weighted by Crippen LogP contribution is 2.17. The Bertz CT molecular complexity index is 492. The van der Waals surface area contributed by atoms with E-state index in [-0.39, 0.29) is 10.9 Å². The standard InChI is InChI=1S/C11H16F2N2O2S/c1-8(14-2)9-4-3-5-10(6-9)18(16,17)15-7-11(12)13/h3-6,8,11,14-15H,7H2,1-2H3. The number of hydrogen-bond acceptors (Lipinski definition) is 3. The smallest absolute Gasteiger partial charge is 0.251 e. The van der Waals surface area contributed by atoms with Crippen LogP contribution in [0.5, 0.6) is 0 Å². The van der Waals surface area contributed by atoms with Crippen molar-refractivity contribution in [1.82, 2.24) is 10.0 Å². The van der Waals surface area contributed by atoms with Gasteiger partial charge in [0.1, 0.15) is 0 Å². The Labute approximate surface area is 105 Å². The van der Waals surface area contributed by atoms with E-state index in [2.05, 4.69) is 5.32 Å². The van der Waals surface area contributed by atoms with Crippen LogP contribution in [0.15, 0.2) is 29.2 Å². The summed E-state index contributed by atoms with van der Waals surface area (Å²) in [4.78, 5) is -0.0113. The summed E-state index contributed by atoms with van der Waals surface area (Å²) in [5, 5.41) is 2.97. The molecule has 0 radical (unpaired) electrons. The average molecular weight is 278 g/mol. The van der Waals surface area contributed by atoms with Gasteiger partial charge in [-0.2, -0.15) is 0 Å². The molecule has 4 nitrogen and oxygen atoms in total. The first-order valence-corrected chi connectivity index (χ1v) is 6.90. The van der Waals surface area contributed by atoms with E-state index in [1.54, 1.807) is 19.2 Å². The Hall–Kier alpha value is -1.05. The zero-order valence-electron chi connectivity index (χ0n) is 10.2. The first-order valence-electron chi connectivity index (χ1n) is 5.42. The van der Waals surface area contributed by atoms with Crippen molar-refractivity contribution in [2.24, 2.45) is 0 Å². The molecular formula is C11H16F2N2O2S. The zero-order chi connectivity index (χ0) is 13.8. The van der Waals surface area contributed by atoms with Gasteiger partial charge >= 0.3 is 0 Å². The van der Waals surface area contributed by atoms with Crippen molar-refractivity contribution < 1.29 is 17.2 Å². The maximum atomic E-state index is 12.0. The number of sulfonamides is 1. The molecule has 0 heterocycles. The first kappa shape index (κ1) is 15.0. The maximum absolute atomic E-state index is 12.0. The molecule has 0 spiro atoms. The van der Waals surface area contributed by atoms with Gasteiger partial charge in [-0.05, 0) is 31.7 Å². The quantitative estimate of drug-likeness (QED) is 0.829. The van der Waals surface area contributed by atoms with Crippen LogP contribution < -0.4 is 10.0 Å². The highest BCUT2D eigenvalue weighted by atomic mass is 32.2. The van der Waals surface area contributed by atoms with E-state index >= 15 is 0 Å². The third kappa shape index (κ3) is 4.01. The van der Waals surface area contributed by atoms with Gasteiger partial charge in [0, 0.05) is 6.04 Å². The molecule has 0 aliphatic carbocycles. The van der Waals surface area contributed by atoms with Crippen LogP contribution in [0, 0.1) is 0 Å². The molecule has 0 saturated heterocycles. The average Bonchev–Trinajstić information content (AvgIpc) is 2.35. The van der Waals surface area contributed by atoms with Gasteiger partial charge in [-0.15, -0.1) is 0 Å². The lowest BCUT2D eigenvalue weighted by Gasteiger charge is -2.12. The second-order valence-corrected chi connectivity index (χ2v) is 5.59. The van der Waals surface area contributed by atoms with Crippen LogP contribution in [0.1, 0.15) is 18.5 Å². The summed E-state index contributed by atoms with van der Waals surface area (Å²) in [6, 6.07) is 6.18. The molecule has 102 valence electrons. The van der Waals surface area contributed by atoms with Gasteiger partial charge in [-0.1, -0.05) is 12.1 Å². The molecule has 1 unspecified atom stereocenters. The molecular weight excluding hydrogens is 262 g/mol. The minimum Gasteiger partial charge on any atom is -0.313 e. The molecule has 2 N–H and O–H groups in total. The molecule has 18 heavy (non-hydrogen) atoms. The molecule has 1 aromatic rings. The summed E-state index contributed by atoms with van der Waals surface area (Å²) in [6.45, 7) is 0.993. The van der Waals surface area contributed by atoms with Gasteiger partial charge < -0.3 is 5.32 Å². The van der Waals surface area contributed by atoms with Crippen molar-refractivity contribution in [3.05, 3.63) is 29.8 Å². The summed E-state index contributed by atoms with van der Waals surface area (Å²) in [6.07, 6.45) is -2.71. The van der Waals surface area contributed by atoms with Crippen LogP contribution >= 0.6 is 0 Å². The van der Waals surface area contributed by atoms with Crippen molar-refractivity contribution in [3.8, 4) is 0 Å². The summed E-state index contributed by atoms with van der Waals surface area (Å²) >= 11 is 0. The van der Waals surface area contributed by atoms with E-state index in [9.17, 15) is 17.2 Å². The van der Waals surface area contributed by atoms with Crippen LogP contribution in [0.2, 0.25) is 0 Å². The van der Waals surface area contributed by atoms with Crippen molar-refractivity contribution in [1.29, 1.82) is 0 Å². The van der Waals surface area contributed by atoms with Crippen LogP contribution in [0.3, 0.4) is 0 Å².